The van der Waals surface area contributed by atoms with Gasteiger partial charge in [-0.15, -0.1) is 0 Å². The van der Waals surface area contributed by atoms with Gasteiger partial charge in [-0.25, -0.2) is 4.79 Å². The van der Waals surface area contributed by atoms with E-state index in [-0.39, 0.29) is 0 Å². The Morgan fingerprint density at radius 3 is 2.85 bits per heavy atom. The summed E-state index contributed by atoms with van der Waals surface area (Å²) < 4.78 is 7.19. The molecular formula is C14H17N3O3. The molecule has 0 unspecified atom stereocenters. The minimum atomic E-state index is -0.914. The zero-order valence-electron chi connectivity index (χ0n) is 11.2. The highest BCUT2D eigenvalue weighted by atomic mass is 16.5. The highest BCUT2D eigenvalue weighted by Crippen LogP contribution is 2.18. The fraction of sp³-hybridized carbons (Fsp3) is 0.429. The second-order valence-electron chi connectivity index (χ2n) is 4.87. The number of carboxylic acid groups (broad SMARTS) is 1. The molecule has 0 spiro atoms. The number of aromatic carboxylic acids is 1. The third-order valence-electron chi connectivity index (χ3n) is 3.65. The number of benzene rings is 1. The fourth-order valence-corrected chi connectivity index (χ4v) is 2.53. The molecule has 0 bridgehead atoms. The van der Waals surface area contributed by atoms with E-state index in [1.54, 1.807) is 18.3 Å². The number of morpholine rings is 1. The van der Waals surface area contributed by atoms with Crippen LogP contribution in [0.1, 0.15) is 10.4 Å². The van der Waals surface area contributed by atoms with E-state index in [2.05, 4.69) is 10.00 Å². The molecule has 1 saturated heterocycles. The number of carbonyl (C=O) groups is 1. The maximum atomic E-state index is 11.2. The van der Waals surface area contributed by atoms with Crippen LogP contribution < -0.4 is 0 Å². The van der Waals surface area contributed by atoms with Crippen molar-refractivity contribution in [3.63, 3.8) is 0 Å². The molecule has 0 amide bonds. The van der Waals surface area contributed by atoms with E-state index in [1.165, 1.54) is 0 Å². The first-order valence-electron chi connectivity index (χ1n) is 6.73. The summed E-state index contributed by atoms with van der Waals surface area (Å²) in [6, 6.07) is 5.28. The monoisotopic (exact) mass is 275 g/mol. The number of rotatable bonds is 4. The third-order valence-corrected chi connectivity index (χ3v) is 3.65. The Hall–Kier alpha value is -1.92. The van der Waals surface area contributed by atoms with Crippen molar-refractivity contribution >= 4 is 16.9 Å². The molecule has 1 aliphatic rings. The summed E-state index contributed by atoms with van der Waals surface area (Å²) in [5.74, 6) is -0.914. The van der Waals surface area contributed by atoms with Crippen molar-refractivity contribution in [1.82, 2.24) is 14.7 Å². The van der Waals surface area contributed by atoms with Crippen LogP contribution in [-0.4, -0.2) is 58.6 Å². The lowest BCUT2D eigenvalue weighted by molar-refractivity contribution is 0.0361. The molecule has 1 fully saturated rings. The van der Waals surface area contributed by atoms with E-state index in [4.69, 9.17) is 9.84 Å². The van der Waals surface area contributed by atoms with E-state index in [0.29, 0.717) is 10.9 Å². The normalized spacial score (nSPS) is 16.6. The Morgan fingerprint density at radius 1 is 1.30 bits per heavy atom. The van der Waals surface area contributed by atoms with Crippen LogP contribution in [0.5, 0.6) is 0 Å². The van der Waals surface area contributed by atoms with Crippen LogP contribution in [0, 0.1) is 0 Å². The molecule has 1 aliphatic heterocycles. The number of hydrogen-bond donors (Lipinski definition) is 1. The lowest BCUT2D eigenvalue weighted by atomic mass is 10.1. The Morgan fingerprint density at radius 2 is 2.10 bits per heavy atom. The van der Waals surface area contributed by atoms with Crippen molar-refractivity contribution in [2.24, 2.45) is 0 Å². The molecule has 6 heteroatoms. The minimum absolute atomic E-state index is 0.306. The van der Waals surface area contributed by atoms with Crippen molar-refractivity contribution in [3.05, 3.63) is 30.0 Å². The zero-order valence-corrected chi connectivity index (χ0v) is 11.2. The first-order chi connectivity index (χ1) is 9.75. The van der Waals surface area contributed by atoms with Gasteiger partial charge in [0.15, 0.2) is 0 Å². The molecule has 0 atom stereocenters. The van der Waals surface area contributed by atoms with Gasteiger partial charge in [0.1, 0.15) is 0 Å². The van der Waals surface area contributed by atoms with Crippen LogP contribution in [0.2, 0.25) is 0 Å². The SMILES string of the molecule is O=C(O)c1cccc2c1cnn2CCN1CCOCC1. The van der Waals surface area contributed by atoms with Crippen LogP contribution in [0.25, 0.3) is 10.9 Å². The molecule has 2 aromatic rings. The quantitative estimate of drug-likeness (QED) is 0.904. The van der Waals surface area contributed by atoms with Crippen LogP contribution in [0.15, 0.2) is 24.4 Å². The van der Waals surface area contributed by atoms with Gasteiger partial charge < -0.3 is 9.84 Å². The van der Waals surface area contributed by atoms with Crippen molar-refractivity contribution in [2.45, 2.75) is 6.54 Å². The van der Waals surface area contributed by atoms with Crippen molar-refractivity contribution in [1.29, 1.82) is 0 Å². The summed E-state index contributed by atoms with van der Waals surface area (Å²) in [5, 5.41) is 14.2. The number of fused-ring (bicyclic) bond motifs is 1. The minimum Gasteiger partial charge on any atom is -0.478 e. The second kappa shape index (κ2) is 5.60. The Bertz CT molecular complexity index is 617. The largest absolute Gasteiger partial charge is 0.478 e. The molecule has 1 N–H and O–H groups in total. The van der Waals surface area contributed by atoms with E-state index in [9.17, 15) is 4.79 Å². The van der Waals surface area contributed by atoms with Gasteiger partial charge in [0.25, 0.3) is 0 Å². The van der Waals surface area contributed by atoms with Gasteiger partial charge in [0, 0.05) is 25.0 Å². The zero-order chi connectivity index (χ0) is 13.9. The van der Waals surface area contributed by atoms with Gasteiger partial charge in [-0.1, -0.05) is 6.07 Å². The lowest BCUT2D eigenvalue weighted by Gasteiger charge is -2.26. The molecule has 1 aromatic carbocycles. The van der Waals surface area contributed by atoms with Gasteiger partial charge in [0.2, 0.25) is 0 Å². The Balaban J connectivity index is 1.78. The molecule has 0 radical (unpaired) electrons. The van der Waals surface area contributed by atoms with Crippen LogP contribution in [0.3, 0.4) is 0 Å². The van der Waals surface area contributed by atoms with Crippen molar-refractivity contribution in [3.8, 4) is 0 Å². The predicted octanol–water partition coefficient (Wildman–Crippen LogP) is 1.07. The smallest absolute Gasteiger partial charge is 0.336 e. The predicted molar refractivity (Wildman–Crippen MR) is 74.0 cm³/mol. The molecule has 6 nitrogen and oxygen atoms in total. The summed E-state index contributed by atoms with van der Waals surface area (Å²) in [5.41, 5.74) is 1.18. The third kappa shape index (κ3) is 2.52. The highest BCUT2D eigenvalue weighted by molar-refractivity contribution is 6.02. The first-order valence-corrected chi connectivity index (χ1v) is 6.73. The summed E-state index contributed by atoms with van der Waals surface area (Å²) >= 11 is 0. The second-order valence-corrected chi connectivity index (χ2v) is 4.87. The first kappa shape index (κ1) is 13.1. The lowest BCUT2D eigenvalue weighted by Crippen LogP contribution is -2.38. The molecule has 3 rings (SSSR count). The topological polar surface area (TPSA) is 67.6 Å². The van der Waals surface area contributed by atoms with Crippen LogP contribution >= 0.6 is 0 Å². The average molecular weight is 275 g/mol. The fourth-order valence-electron chi connectivity index (χ4n) is 2.53. The van der Waals surface area contributed by atoms with Crippen LogP contribution in [-0.2, 0) is 11.3 Å². The number of ether oxygens (including phenoxy) is 1. The average Bonchev–Trinajstić information content (AvgIpc) is 2.89. The van der Waals surface area contributed by atoms with E-state index < -0.39 is 5.97 Å². The standard InChI is InChI=1S/C14H17N3O3/c18-14(19)11-2-1-3-13-12(11)10-15-17(13)5-4-16-6-8-20-9-7-16/h1-3,10H,4-9H2,(H,18,19). The van der Waals surface area contributed by atoms with E-state index in [1.807, 2.05) is 10.7 Å². The molecule has 1 aromatic heterocycles. The molecule has 0 saturated carbocycles. The molecule has 2 heterocycles. The maximum absolute atomic E-state index is 11.2. The van der Waals surface area contributed by atoms with Gasteiger partial charge in [-0.3, -0.25) is 9.58 Å². The van der Waals surface area contributed by atoms with E-state index >= 15 is 0 Å². The number of nitrogens with zero attached hydrogens (tertiary/aromatic N) is 3. The van der Waals surface area contributed by atoms with Gasteiger partial charge in [0.05, 0.1) is 37.0 Å². The molecular weight excluding hydrogens is 258 g/mol. The maximum Gasteiger partial charge on any atom is 0.336 e. The summed E-state index contributed by atoms with van der Waals surface area (Å²) in [6.45, 7) is 5.11. The summed E-state index contributed by atoms with van der Waals surface area (Å²) in [6.07, 6.45) is 1.64. The van der Waals surface area contributed by atoms with Crippen LogP contribution in [0.4, 0.5) is 0 Å². The van der Waals surface area contributed by atoms with Crippen molar-refractivity contribution in [2.75, 3.05) is 32.8 Å². The van der Waals surface area contributed by atoms with Gasteiger partial charge >= 0.3 is 5.97 Å². The molecule has 106 valence electrons. The molecule has 20 heavy (non-hydrogen) atoms. The molecule has 0 aliphatic carbocycles. The Kier molecular flexibility index (Phi) is 3.66. The number of carboxylic acids is 1. The summed E-state index contributed by atoms with van der Waals surface area (Å²) in [4.78, 5) is 13.5. The van der Waals surface area contributed by atoms with Crippen molar-refractivity contribution < 1.29 is 14.6 Å². The van der Waals surface area contributed by atoms with Gasteiger partial charge in [-0.05, 0) is 12.1 Å². The number of hydrogen-bond acceptors (Lipinski definition) is 4. The van der Waals surface area contributed by atoms with Gasteiger partial charge in [-0.2, -0.15) is 5.10 Å². The van der Waals surface area contributed by atoms with E-state index in [0.717, 1.165) is 44.9 Å². The highest BCUT2D eigenvalue weighted by Gasteiger charge is 2.13. The number of aromatic nitrogens is 2. The summed E-state index contributed by atoms with van der Waals surface area (Å²) in [7, 11) is 0. The Labute approximate surface area is 116 Å².